The molecule has 0 heterocycles. The predicted octanol–water partition coefficient (Wildman–Crippen LogP) is 2.96. The van der Waals surface area contributed by atoms with E-state index in [-0.39, 0.29) is 0 Å². The first kappa shape index (κ1) is 13.1. The molecule has 1 aliphatic carbocycles. The van der Waals surface area contributed by atoms with E-state index in [9.17, 15) is 0 Å². The molecular weight excluding hydrogens is 240 g/mol. The summed E-state index contributed by atoms with van der Waals surface area (Å²) in [4.78, 5) is 0. The quantitative estimate of drug-likeness (QED) is 0.614. The average molecular weight is 256 g/mol. The van der Waals surface area contributed by atoms with Crippen LogP contribution >= 0.6 is 0 Å². The summed E-state index contributed by atoms with van der Waals surface area (Å²) >= 11 is 0. The number of nitrogens with zero attached hydrogens (tertiary/aromatic N) is 2. The Kier molecular flexibility index (Phi) is 4.50. The molecule has 4 heteroatoms. The number of hydrogen-bond donors (Lipinski definition) is 0. The lowest BCUT2D eigenvalue weighted by Gasteiger charge is -2.05. The minimum Gasteiger partial charge on any atom is -0.497 e. The highest BCUT2D eigenvalue weighted by Crippen LogP contribution is 2.10. The van der Waals surface area contributed by atoms with Crippen LogP contribution in [0.25, 0.3) is 0 Å². The van der Waals surface area contributed by atoms with Crippen LogP contribution in [0.2, 0.25) is 0 Å². The molecule has 0 amide bonds. The third-order valence-corrected chi connectivity index (χ3v) is 2.70. The molecule has 19 heavy (non-hydrogen) atoms. The van der Waals surface area contributed by atoms with Crippen LogP contribution < -0.4 is 4.74 Å². The van der Waals surface area contributed by atoms with Gasteiger partial charge in [-0.1, -0.05) is 0 Å². The second-order valence-electron chi connectivity index (χ2n) is 3.96. The molecule has 0 saturated heterocycles. The van der Waals surface area contributed by atoms with Gasteiger partial charge in [-0.3, -0.25) is 0 Å². The van der Waals surface area contributed by atoms with Crippen LogP contribution in [0.4, 0.5) is 0 Å². The predicted molar refractivity (Wildman–Crippen MR) is 76.9 cm³/mol. The molecule has 4 nitrogen and oxygen atoms in total. The minimum absolute atomic E-state index is 0.736. The number of ether oxygens (including phenoxy) is 2. The van der Waals surface area contributed by atoms with Crippen LogP contribution in [-0.2, 0) is 4.74 Å². The summed E-state index contributed by atoms with van der Waals surface area (Å²) in [6.07, 6.45) is 8.21. The molecule has 0 saturated carbocycles. The highest BCUT2D eigenvalue weighted by atomic mass is 16.5. The fourth-order valence-electron chi connectivity index (χ4n) is 1.60. The lowest BCUT2D eigenvalue weighted by Crippen LogP contribution is -1.98. The van der Waals surface area contributed by atoms with Gasteiger partial charge >= 0.3 is 0 Å². The van der Waals surface area contributed by atoms with Gasteiger partial charge in [-0.25, -0.2) is 0 Å². The Balaban J connectivity index is 1.96. The van der Waals surface area contributed by atoms with Gasteiger partial charge in [0.15, 0.2) is 0 Å². The van der Waals surface area contributed by atoms with E-state index in [1.807, 2.05) is 42.5 Å². The van der Waals surface area contributed by atoms with E-state index >= 15 is 0 Å². The first-order valence-corrected chi connectivity index (χ1v) is 5.98. The summed E-state index contributed by atoms with van der Waals surface area (Å²) in [7, 11) is 3.30. The SMILES string of the molecule is COC1=CCC(=NN=Cc2ccc(OC)cc2)C=C1. The first-order chi connectivity index (χ1) is 9.31. The average Bonchev–Trinajstić information content (AvgIpc) is 2.49. The van der Waals surface area contributed by atoms with Crippen molar-refractivity contribution < 1.29 is 9.47 Å². The largest absolute Gasteiger partial charge is 0.497 e. The van der Waals surface area contributed by atoms with E-state index in [1.54, 1.807) is 20.4 Å². The van der Waals surface area contributed by atoms with Crippen molar-refractivity contribution in [2.24, 2.45) is 10.2 Å². The van der Waals surface area contributed by atoms with Gasteiger partial charge in [-0.05, 0) is 48.1 Å². The molecule has 0 atom stereocenters. The van der Waals surface area contributed by atoms with Gasteiger partial charge < -0.3 is 9.47 Å². The molecule has 2 rings (SSSR count). The smallest absolute Gasteiger partial charge is 0.118 e. The Morgan fingerprint density at radius 3 is 2.42 bits per heavy atom. The monoisotopic (exact) mass is 256 g/mol. The molecule has 0 spiro atoms. The Bertz CT molecular complexity index is 540. The molecule has 1 aliphatic rings. The number of benzene rings is 1. The van der Waals surface area contributed by atoms with E-state index in [2.05, 4.69) is 10.2 Å². The van der Waals surface area contributed by atoms with Crippen LogP contribution in [0.1, 0.15) is 12.0 Å². The molecule has 0 aromatic heterocycles. The van der Waals surface area contributed by atoms with Crippen LogP contribution in [0.15, 0.2) is 58.5 Å². The van der Waals surface area contributed by atoms with Crippen molar-refractivity contribution in [3.8, 4) is 5.75 Å². The first-order valence-electron chi connectivity index (χ1n) is 5.98. The van der Waals surface area contributed by atoms with Crippen molar-refractivity contribution >= 4 is 11.9 Å². The van der Waals surface area contributed by atoms with Gasteiger partial charge in [0.25, 0.3) is 0 Å². The lowest BCUT2D eigenvalue weighted by molar-refractivity contribution is 0.305. The van der Waals surface area contributed by atoms with E-state index in [0.717, 1.165) is 29.2 Å². The Hall–Kier alpha value is -2.36. The fourth-order valence-corrected chi connectivity index (χ4v) is 1.60. The molecule has 0 aliphatic heterocycles. The molecule has 0 unspecified atom stereocenters. The van der Waals surface area contributed by atoms with Crippen molar-refractivity contribution in [2.45, 2.75) is 6.42 Å². The molecule has 0 N–H and O–H groups in total. The van der Waals surface area contributed by atoms with Crippen LogP contribution in [0.5, 0.6) is 5.75 Å². The number of allylic oxidation sites excluding steroid dienone is 3. The minimum atomic E-state index is 0.736. The molecule has 0 radical (unpaired) electrons. The van der Waals surface area contributed by atoms with Gasteiger partial charge in [0, 0.05) is 6.42 Å². The maximum absolute atomic E-state index is 5.10. The second kappa shape index (κ2) is 6.54. The summed E-state index contributed by atoms with van der Waals surface area (Å²) in [5.41, 5.74) is 1.89. The zero-order valence-corrected chi connectivity index (χ0v) is 11.0. The Labute approximate surface area is 112 Å². The van der Waals surface area contributed by atoms with Gasteiger partial charge in [-0.15, -0.1) is 0 Å². The maximum atomic E-state index is 5.10. The summed E-state index contributed by atoms with van der Waals surface area (Å²) in [5.74, 6) is 1.69. The molecule has 0 fully saturated rings. The van der Waals surface area contributed by atoms with Crippen LogP contribution in [0.3, 0.4) is 0 Å². The third kappa shape index (κ3) is 3.81. The third-order valence-electron chi connectivity index (χ3n) is 2.70. The lowest BCUT2D eigenvalue weighted by atomic mass is 10.1. The maximum Gasteiger partial charge on any atom is 0.118 e. The topological polar surface area (TPSA) is 43.2 Å². The van der Waals surface area contributed by atoms with E-state index in [4.69, 9.17) is 9.47 Å². The number of rotatable bonds is 4. The van der Waals surface area contributed by atoms with Crippen molar-refractivity contribution in [3.63, 3.8) is 0 Å². The summed E-state index contributed by atoms with van der Waals surface area (Å²) in [6.45, 7) is 0. The van der Waals surface area contributed by atoms with Crippen LogP contribution in [0, 0.1) is 0 Å². The second-order valence-corrected chi connectivity index (χ2v) is 3.96. The van der Waals surface area contributed by atoms with E-state index in [1.165, 1.54) is 0 Å². The zero-order chi connectivity index (χ0) is 13.5. The molecule has 98 valence electrons. The van der Waals surface area contributed by atoms with Crippen molar-refractivity contribution in [3.05, 3.63) is 53.8 Å². The summed E-state index contributed by atoms with van der Waals surface area (Å²) in [5, 5.41) is 8.23. The van der Waals surface area contributed by atoms with Gasteiger partial charge in [0.1, 0.15) is 11.5 Å². The van der Waals surface area contributed by atoms with Gasteiger partial charge in [0.05, 0.1) is 26.1 Å². The molecular formula is C15H16N2O2. The molecule has 1 aromatic carbocycles. The van der Waals surface area contributed by atoms with E-state index < -0.39 is 0 Å². The van der Waals surface area contributed by atoms with Crippen molar-refractivity contribution in [1.82, 2.24) is 0 Å². The Morgan fingerprint density at radius 1 is 1.05 bits per heavy atom. The van der Waals surface area contributed by atoms with Crippen molar-refractivity contribution in [1.29, 1.82) is 0 Å². The van der Waals surface area contributed by atoms with Gasteiger partial charge in [0.2, 0.25) is 0 Å². The summed E-state index contributed by atoms with van der Waals surface area (Å²) in [6, 6.07) is 7.65. The standard InChI is InChI=1S/C15H16N2O2/c1-18-14-7-3-12(4-8-14)11-16-17-13-5-9-15(19-2)10-6-13/h3-5,7-11H,6H2,1-2H3. The number of hydrogen-bond acceptors (Lipinski definition) is 4. The van der Waals surface area contributed by atoms with E-state index in [0.29, 0.717) is 0 Å². The summed E-state index contributed by atoms with van der Waals surface area (Å²) < 4.78 is 10.2. The fraction of sp³-hybridized carbons (Fsp3) is 0.200. The normalized spacial score (nSPS) is 16.7. The van der Waals surface area contributed by atoms with Crippen LogP contribution in [-0.4, -0.2) is 26.1 Å². The highest BCUT2D eigenvalue weighted by Gasteiger charge is 2.01. The molecule has 0 bridgehead atoms. The zero-order valence-electron chi connectivity index (χ0n) is 11.0. The van der Waals surface area contributed by atoms with Gasteiger partial charge in [-0.2, -0.15) is 10.2 Å². The molecule has 1 aromatic rings. The Morgan fingerprint density at radius 2 is 1.84 bits per heavy atom. The highest BCUT2D eigenvalue weighted by molar-refractivity contribution is 5.97. The number of methoxy groups -OCH3 is 2. The van der Waals surface area contributed by atoms with Crippen molar-refractivity contribution in [2.75, 3.05) is 14.2 Å².